The van der Waals surface area contributed by atoms with Crippen LogP contribution in [0.2, 0.25) is 0 Å². The molecule has 1 aliphatic heterocycles. The van der Waals surface area contributed by atoms with E-state index >= 15 is 0 Å². The third-order valence-electron chi connectivity index (χ3n) is 5.47. The van der Waals surface area contributed by atoms with Gasteiger partial charge in [0.25, 0.3) is 0 Å². The standard InChI is InChI=1S/C20H24N2O4/c1-12-8-9-15(14(3)10-12)17(23)11-21-18(24)19(25)22(20(21)26)16-7-5-4-6-13(16)2/h8-10,13,16H,4-7,11H2,1-3H3/t13-,16+/m1/s1. The second-order valence-corrected chi connectivity index (χ2v) is 7.42. The molecule has 1 heterocycles. The van der Waals surface area contributed by atoms with Gasteiger partial charge < -0.3 is 0 Å². The molecule has 0 unspecified atom stereocenters. The second kappa shape index (κ2) is 7.02. The van der Waals surface area contributed by atoms with Gasteiger partial charge in [-0.15, -0.1) is 0 Å². The molecular formula is C20H24N2O4. The van der Waals surface area contributed by atoms with Gasteiger partial charge in [-0.2, -0.15) is 0 Å². The van der Waals surface area contributed by atoms with Crippen molar-refractivity contribution in [3.63, 3.8) is 0 Å². The molecule has 0 bridgehead atoms. The Labute approximate surface area is 153 Å². The maximum absolute atomic E-state index is 12.7. The van der Waals surface area contributed by atoms with Gasteiger partial charge in [0.1, 0.15) is 0 Å². The summed E-state index contributed by atoms with van der Waals surface area (Å²) >= 11 is 0. The lowest BCUT2D eigenvalue weighted by Crippen LogP contribution is -2.46. The van der Waals surface area contributed by atoms with Crippen molar-refractivity contribution in [2.75, 3.05) is 6.54 Å². The van der Waals surface area contributed by atoms with Crippen molar-refractivity contribution in [1.82, 2.24) is 9.80 Å². The first kappa shape index (κ1) is 18.3. The van der Waals surface area contributed by atoms with E-state index < -0.39 is 24.4 Å². The van der Waals surface area contributed by atoms with E-state index in [1.807, 2.05) is 32.9 Å². The molecule has 4 amide bonds. The van der Waals surface area contributed by atoms with Gasteiger partial charge in [-0.05, 0) is 38.2 Å². The Balaban J connectivity index is 1.80. The van der Waals surface area contributed by atoms with Crippen molar-refractivity contribution in [3.8, 4) is 0 Å². The molecule has 1 aromatic carbocycles. The zero-order valence-electron chi connectivity index (χ0n) is 15.4. The molecule has 0 aromatic heterocycles. The fourth-order valence-corrected chi connectivity index (χ4v) is 3.99. The quantitative estimate of drug-likeness (QED) is 0.472. The second-order valence-electron chi connectivity index (χ2n) is 7.42. The summed E-state index contributed by atoms with van der Waals surface area (Å²) in [5.74, 6) is -1.87. The fraction of sp³-hybridized carbons (Fsp3) is 0.500. The number of benzene rings is 1. The summed E-state index contributed by atoms with van der Waals surface area (Å²) in [6.45, 7) is 5.34. The summed E-state index contributed by atoms with van der Waals surface area (Å²) in [5, 5.41) is 0. The third-order valence-corrected chi connectivity index (χ3v) is 5.47. The average molecular weight is 356 g/mol. The van der Waals surface area contributed by atoms with Crippen LogP contribution in [-0.4, -0.2) is 46.0 Å². The normalized spacial score (nSPS) is 23.7. The van der Waals surface area contributed by atoms with Crippen LogP contribution in [-0.2, 0) is 9.59 Å². The van der Waals surface area contributed by atoms with Crippen LogP contribution in [0.3, 0.4) is 0 Å². The van der Waals surface area contributed by atoms with E-state index in [0.29, 0.717) is 12.0 Å². The van der Waals surface area contributed by atoms with Crippen molar-refractivity contribution >= 4 is 23.6 Å². The maximum Gasteiger partial charge on any atom is 0.334 e. The molecular weight excluding hydrogens is 332 g/mol. The highest BCUT2D eigenvalue weighted by Gasteiger charge is 2.49. The number of nitrogens with zero attached hydrogens (tertiary/aromatic N) is 2. The summed E-state index contributed by atoms with van der Waals surface area (Å²) in [5.41, 5.74) is 2.28. The van der Waals surface area contributed by atoms with Crippen LogP contribution in [0.15, 0.2) is 18.2 Å². The molecule has 0 spiro atoms. The first-order valence-corrected chi connectivity index (χ1v) is 9.10. The van der Waals surface area contributed by atoms with Crippen LogP contribution < -0.4 is 0 Å². The number of ketones is 1. The molecule has 1 aromatic rings. The van der Waals surface area contributed by atoms with Crippen LogP contribution >= 0.6 is 0 Å². The van der Waals surface area contributed by atoms with E-state index in [1.165, 1.54) is 0 Å². The molecule has 26 heavy (non-hydrogen) atoms. The minimum atomic E-state index is -0.897. The monoisotopic (exact) mass is 356 g/mol. The largest absolute Gasteiger partial charge is 0.334 e. The molecule has 3 rings (SSSR count). The number of hydrogen-bond donors (Lipinski definition) is 0. The number of rotatable bonds is 4. The Morgan fingerprint density at radius 3 is 2.42 bits per heavy atom. The Morgan fingerprint density at radius 2 is 1.77 bits per heavy atom. The SMILES string of the molecule is Cc1ccc(C(=O)CN2C(=O)C(=O)N([C@H]3CCCC[C@H]3C)C2=O)c(C)c1. The molecule has 2 atom stereocenters. The lowest BCUT2D eigenvalue weighted by atomic mass is 9.85. The molecule has 1 aliphatic carbocycles. The van der Waals surface area contributed by atoms with Crippen molar-refractivity contribution in [2.45, 2.75) is 52.5 Å². The molecule has 0 N–H and O–H groups in total. The molecule has 6 nitrogen and oxygen atoms in total. The molecule has 2 fully saturated rings. The lowest BCUT2D eigenvalue weighted by molar-refractivity contribution is -0.144. The van der Waals surface area contributed by atoms with Crippen molar-refractivity contribution in [2.24, 2.45) is 5.92 Å². The Bertz CT molecular complexity index is 786. The number of urea groups is 1. The fourth-order valence-electron chi connectivity index (χ4n) is 3.99. The predicted octanol–water partition coefficient (Wildman–Crippen LogP) is 2.86. The third kappa shape index (κ3) is 3.16. The number of carbonyl (C=O) groups excluding carboxylic acids is 4. The van der Waals surface area contributed by atoms with Gasteiger partial charge in [-0.25, -0.2) is 9.69 Å². The summed E-state index contributed by atoms with van der Waals surface area (Å²) in [7, 11) is 0. The van der Waals surface area contributed by atoms with Gasteiger partial charge in [0.2, 0.25) is 0 Å². The number of hydrogen-bond acceptors (Lipinski definition) is 4. The Hall–Kier alpha value is -2.50. The van der Waals surface area contributed by atoms with Gasteiger partial charge in [-0.1, -0.05) is 43.5 Å². The minimum Gasteiger partial charge on any atom is -0.292 e. The Morgan fingerprint density at radius 1 is 1.08 bits per heavy atom. The molecule has 1 saturated heterocycles. The summed E-state index contributed by atoms with van der Waals surface area (Å²) in [6, 6.07) is 4.48. The van der Waals surface area contributed by atoms with E-state index in [9.17, 15) is 19.2 Å². The van der Waals surface area contributed by atoms with Crippen molar-refractivity contribution < 1.29 is 19.2 Å². The molecule has 138 valence electrons. The predicted molar refractivity (Wildman–Crippen MR) is 95.6 cm³/mol. The highest BCUT2D eigenvalue weighted by molar-refractivity contribution is 6.45. The van der Waals surface area contributed by atoms with Crippen LogP contribution in [0.4, 0.5) is 4.79 Å². The van der Waals surface area contributed by atoms with Gasteiger partial charge in [0.15, 0.2) is 5.78 Å². The van der Waals surface area contributed by atoms with Crippen LogP contribution in [0.5, 0.6) is 0 Å². The smallest absolute Gasteiger partial charge is 0.292 e. The van der Waals surface area contributed by atoms with E-state index in [2.05, 4.69) is 0 Å². The van der Waals surface area contributed by atoms with Gasteiger partial charge in [0.05, 0.1) is 6.54 Å². The molecule has 6 heteroatoms. The van der Waals surface area contributed by atoms with E-state index in [1.54, 1.807) is 6.07 Å². The van der Waals surface area contributed by atoms with Crippen LogP contribution in [0.1, 0.15) is 54.1 Å². The zero-order valence-corrected chi connectivity index (χ0v) is 15.4. The summed E-state index contributed by atoms with van der Waals surface area (Å²) < 4.78 is 0. The molecule has 0 radical (unpaired) electrons. The van der Waals surface area contributed by atoms with E-state index in [-0.39, 0.29) is 17.7 Å². The van der Waals surface area contributed by atoms with Gasteiger partial charge in [-0.3, -0.25) is 19.3 Å². The van der Waals surface area contributed by atoms with Gasteiger partial charge >= 0.3 is 17.8 Å². The first-order valence-electron chi connectivity index (χ1n) is 9.10. The van der Waals surface area contributed by atoms with Gasteiger partial charge in [0, 0.05) is 11.6 Å². The number of aryl methyl sites for hydroxylation is 2. The Kier molecular flexibility index (Phi) is 4.94. The van der Waals surface area contributed by atoms with Crippen LogP contribution in [0, 0.1) is 19.8 Å². The molecule has 1 saturated carbocycles. The number of Topliss-reactive ketones (excluding diaryl/α,β-unsaturated/α-hetero) is 1. The van der Waals surface area contributed by atoms with Crippen LogP contribution in [0.25, 0.3) is 0 Å². The summed E-state index contributed by atoms with van der Waals surface area (Å²) in [6.07, 6.45) is 3.64. The lowest BCUT2D eigenvalue weighted by Gasteiger charge is -2.34. The van der Waals surface area contributed by atoms with Crippen molar-refractivity contribution in [3.05, 3.63) is 34.9 Å². The highest BCUT2D eigenvalue weighted by Crippen LogP contribution is 2.31. The van der Waals surface area contributed by atoms with E-state index in [4.69, 9.17) is 0 Å². The topological polar surface area (TPSA) is 74.8 Å². The first-order chi connectivity index (χ1) is 12.3. The maximum atomic E-state index is 12.7. The number of carbonyl (C=O) groups is 4. The highest BCUT2D eigenvalue weighted by atomic mass is 16.2. The minimum absolute atomic E-state index is 0.166. The van der Waals surface area contributed by atoms with E-state index in [0.717, 1.165) is 40.2 Å². The summed E-state index contributed by atoms with van der Waals surface area (Å²) in [4.78, 5) is 52.0. The average Bonchev–Trinajstić information content (AvgIpc) is 2.79. The number of imide groups is 2. The van der Waals surface area contributed by atoms with Crippen molar-refractivity contribution in [1.29, 1.82) is 0 Å². The number of amides is 4. The zero-order chi connectivity index (χ0) is 19.0. The molecule has 2 aliphatic rings.